The predicted octanol–water partition coefficient (Wildman–Crippen LogP) is 14.3. The smallest absolute Gasteiger partial charge is 0.0640 e. The molecule has 234 valence electrons. The molecular formula is C48H31NS. The average Bonchev–Trinajstić information content (AvgIpc) is 3.57. The molecule has 0 aliphatic heterocycles. The molecular weight excluding hydrogens is 623 g/mol. The summed E-state index contributed by atoms with van der Waals surface area (Å²) in [6.45, 7) is 0. The predicted molar refractivity (Wildman–Crippen MR) is 217 cm³/mol. The van der Waals surface area contributed by atoms with E-state index in [9.17, 15) is 0 Å². The lowest BCUT2D eigenvalue weighted by atomic mass is 9.93. The van der Waals surface area contributed by atoms with E-state index in [1.807, 2.05) is 11.3 Å². The monoisotopic (exact) mass is 653 g/mol. The number of para-hydroxylation sites is 1. The maximum absolute atomic E-state index is 2.49. The van der Waals surface area contributed by atoms with Crippen molar-refractivity contribution in [2.24, 2.45) is 0 Å². The van der Waals surface area contributed by atoms with Crippen LogP contribution in [0.15, 0.2) is 188 Å². The number of fused-ring (bicyclic) bond motifs is 7. The van der Waals surface area contributed by atoms with Crippen LogP contribution in [0.1, 0.15) is 0 Å². The second kappa shape index (κ2) is 11.7. The summed E-state index contributed by atoms with van der Waals surface area (Å²) in [6, 6.07) is 68.8. The standard InChI is InChI=1S/C48H31NS/c1-3-19-36-32(14-1)16-12-25-39(36)41-23-7-9-27-45(41)49(46-28-13-26-43-42-24-8-10-29-47(42)50-48(43)46)35-18-11-17-33(30-35)44-31-34-15-2-4-20-37(34)38-21-5-6-22-40(38)44/h1-31H. The van der Waals surface area contributed by atoms with Gasteiger partial charge in [-0.25, -0.2) is 0 Å². The topological polar surface area (TPSA) is 3.24 Å². The number of benzene rings is 9. The summed E-state index contributed by atoms with van der Waals surface area (Å²) in [7, 11) is 0. The molecule has 10 aromatic rings. The first-order valence-electron chi connectivity index (χ1n) is 17.1. The summed E-state index contributed by atoms with van der Waals surface area (Å²) in [4.78, 5) is 2.49. The molecule has 0 radical (unpaired) electrons. The maximum Gasteiger partial charge on any atom is 0.0640 e. The number of anilines is 3. The van der Waals surface area contributed by atoms with Gasteiger partial charge in [0.2, 0.25) is 0 Å². The van der Waals surface area contributed by atoms with Crippen molar-refractivity contribution in [3.05, 3.63) is 188 Å². The molecule has 0 aliphatic carbocycles. The van der Waals surface area contributed by atoms with Crippen LogP contribution in [0.3, 0.4) is 0 Å². The fourth-order valence-electron chi connectivity index (χ4n) is 7.78. The van der Waals surface area contributed by atoms with Gasteiger partial charge in [-0.3, -0.25) is 0 Å². The van der Waals surface area contributed by atoms with Crippen molar-refractivity contribution < 1.29 is 0 Å². The van der Waals surface area contributed by atoms with Crippen LogP contribution in [0.5, 0.6) is 0 Å². The van der Waals surface area contributed by atoms with Gasteiger partial charge in [0.25, 0.3) is 0 Å². The van der Waals surface area contributed by atoms with Crippen molar-refractivity contribution in [1.82, 2.24) is 0 Å². The number of hydrogen-bond donors (Lipinski definition) is 0. The molecule has 1 heterocycles. The first kappa shape index (κ1) is 28.8. The second-order valence-electron chi connectivity index (χ2n) is 12.9. The molecule has 2 heteroatoms. The van der Waals surface area contributed by atoms with E-state index >= 15 is 0 Å². The minimum Gasteiger partial charge on any atom is -0.308 e. The largest absolute Gasteiger partial charge is 0.308 e. The zero-order valence-corrected chi connectivity index (χ0v) is 28.1. The normalized spacial score (nSPS) is 11.6. The third-order valence-electron chi connectivity index (χ3n) is 10.0. The molecule has 0 spiro atoms. The van der Waals surface area contributed by atoms with Gasteiger partial charge in [-0.1, -0.05) is 152 Å². The van der Waals surface area contributed by atoms with Crippen LogP contribution < -0.4 is 4.90 Å². The van der Waals surface area contributed by atoms with Crippen LogP contribution in [0.4, 0.5) is 17.1 Å². The molecule has 0 fully saturated rings. The summed E-state index contributed by atoms with van der Waals surface area (Å²) in [5, 5.41) is 10.1. The van der Waals surface area contributed by atoms with Crippen molar-refractivity contribution >= 4 is 80.9 Å². The summed E-state index contributed by atoms with van der Waals surface area (Å²) >= 11 is 1.87. The Morgan fingerprint density at radius 2 is 0.940 bits per heavy atom. The third kappa shape index (κ3) is 4.61. The van der Waals surface area contributed by atoms with Gasteiger partial charge in [-0.15, -0.1) is 11.3 Å². The van der Waals surface area contributed by atoms with E-state index in [2.05, 4.69) is 193 Å². The highest BCUT2D eigenvalue weighted by atomic mass is 32.1. The van der Waals surface area contributed by atoms with E-state index in [0.717, 1.165) is 11.4 Å². The lowest BCUT2D eigenvalue weighted by Gasteiger charge is -2.29. The zero-order chi connectivity index (χ0) is 33.0. The Kier molecular flexibility index (Phi) is 6.75. The van der Waals surface area contributed by atoms with Gasteiger partial charge in [0.05, 0.1) is 16.1 Å². The fourth-order valence-corrected chi connectivity index (χ4v) is 8.98. The fraction of sp³-hybridized carbons (Fsp3) is 0. The number of rotatable bonds is 5. The summed E-state index contributed by atoms with van der Waals surface area (Å²) in [5.41, 5.74) is 8.31. The van der Waals surface area contributed by atoms with E-state index < -0.39 is 0 Å². The molecule has 0 saturated heterocycles. The second-order valence-corrected chi connectivity index (χ2v) is 13.9. The van der Waals surface area contributed by atoms with Gasteiger partial charge in [0, 0.05) is 26.7 Å². The van der Waals surface area contributed by atoms with Gasteiger partial charge in [0.15, 0.2) is 0 Å². The molecule has 0 atom stereocenters. The van der Waals surface area contributed by atoms with Crippen LogP contribution >= 0.6 is 11.3 Å². The SMILES string of the molecule is c1cc(-c2cc3ccccc3c3ccccc23)cc(N(c2ccccc2-c2cccc3ccccc23)c2cccc3c2sc2ccccc23)c1. The molecule has 9 aromatic carbocycles. The Balaban J connectivity index is 1.26. The Hall–Kier alpha value is -6.22. The van der Waals surface area contributed by atoms with E-state index in [1.165, 1.54) is 80.4 Å². The average molecular weight is 654 g/mol. The molecule has 0 unspecified atom stereocenters. The minimum atomic E-state index is 1.12. The maximum atomic E-state index is 2.49. The van der Waals surface area contributed by atoms with Crippen molar-refractivity contribution in [3.63, 3.8) is 0 Å². The first-order chi connectivity index (χ1) is 24.8. The van der Waals surface area contributed by atoms with Gasteiger partial charge < -0.3 is 4.90 Å². The van der Waals surface area contributed by atoms with E-state index in [0.29, 0.717) is 0 Å². The molecule has 1 aromatic heterocycles. The lowest BCUT2D eigenvalue weighted by molar-refractivity contribution is 1.30. The van der Waals surface area contributed by atoms with Crippen molar-refractivity contribution in [2.45, 2.75) is 0 Å². The molecule has 0 aliphatic rings. The summed E-state index contributed by atoms with van der Waals surface area (Å²) in [5.74, 6) is 0. The summed E-state index contributed by atoms with van der Waals surface area (Å²) in [6.07, 6.45) is 0. The highest BCUT2D eigenvalue weighted by molar-refractivity contribution is 7.26. The Morgan fingerprint density at radius 1 is 0.340 bits per heavy atom. The van der Waals surface area contributed by atoms with Crippen LogP contribution in [0.25, 0.3) is 74.7 Å². The highest BCUT2D eigenvalue weighted by Gasteiger charge is 2.22. The number of hydrogen-bond acceptors (Lipinski definition) is 2. The van der Waals surface area contributed by atoms with Crippen molar-refractivity contribution in [2.75, 3.05) is 4.90 Å². The molecule has 0 saturated carbocycles. The molecule has 0 amide bonds. The summed E-state index contributed by atoms with van der Waals surface area (Å²) < 4.78 is 2.58. The quantitative estimate of drug-likeness (QED) is 0.167. The molecule has 10 rings (SSSR count). The van der Waals surface area contributed by atoms with Gasteiger partial charge in [-0.2, -0.15) is 0 Å². The lowest BCUT2D eigenvalue weighted by Crippen LogP contribution is -2.11. The van der Waals surface area contributed by atoms with Gasteiger partial charge >= 0.3 is 0 Å². The minimum absolute atomic E-state index is 1.12. The molecule has 50 heavy (non-hydrogen) atoms. The van der Waals surface area contributed by atoms with Gasteiger partial charge in [0.1, 0.15) is 0 Å². The van der Waals surface area contributed by atoms with Crippen LogP contribution in [0, 0.1) is 0 Å². The van der Waals surface area contributed by atoms with Crippen molar-refractivity contribution in [3.8, 4) is 22.3 Å². The Morgan fingerprint density at radius 3 is 1.84 bits per heavy atom. The zero-order valence-electron chi connectivity index (χ0n) is 27.3. The number of nitrogens with zero attached hydrogens (tertiary/aromatic N) is 1. The molecule has 0 N–H and O–H groups in total. The Bertz CT molecular complexity index is 2890. The Labute approximate surface area is 294 Å². The van der Waals surface area contributed by atoms with Crippen LogP contribution in [0.2, 0.25) is 0 Å². The highest BCUT2D eigenvalue weighted by Crippen LogP contribution is 2.48. The molecule has 1 nitrogen and oxygen atoms in total. The third-order valence-corrected chi connectivity index (χ3v) is 11.2. The molecule has 0 bridgehead atoms. The van der Waals surface area contributed by atoms with Crippen LogP contribution in [-0.4, -0.2) is 0 Å². The van der Waals surface area contributed by atoms with Crippen LogP contribution in [-0.2, 0) is 0 Å². The van der Waals surface area contributed by atoms with Gasteiger partial charge in [-0.05, 0) is 85.4 Å². The van der Waals surface area contributed by atoms with E-state index in [4.69, 9.17) is 0 Å². The van der Waals surface area contributed by atoms with Crippen molar-refractivity contribution in [1.29, 1.82) is 0 Å². The van der Waals surface area contributed by atoms with E-state index in [-0.39, 0.29) is 0 Å². The number of thiophene rings is 1. The van der Waals surface area contributed by atoms with E-state index in [1.54, 1.807) is 0 Å². The first-order valence-corrected chi connectivity index (χ1v) is 17.9.